The van der Waals surface area contributed by atoms with Crippen molar-refractivity contribution in [1.82, 2.24) is 0 Å². The first kappa shape index (κ1) is 40.7. The Bertz CT molecular complexity index is 1110. The van der Waals surface area contributed by atoms with E-state index in [0.29, 0.717) is 23.2 Å². The lowest BCUT2D eigenvalue weighted by Crippen LogP contribution is -2.55. The van der Waals surface area contributed by atoms with Gasteiger partial charge in [0.25, 0.3) is 0 Å². The second kappa shape index (κ2) is 18.1. The fraction of sp³-hybridized carbons (Fsp3) is 0.894. The molecule has 0 amide bonds. The Hall–Kier alpha value is -1.05. The molecule has 0 heterocycles. The van der Waals surface area contributed by atoms with Gasteiger partial charge in [-0.2, -0.15) is 0 Å². The molecule has 49 heavy (non-hydrogen) atoms. The van der Waals surface area contributed by atoms with Crippen LogP contribution in [0.25, 0.3) is 0 Å². The molecule has 4 aliphatic rings. The van der Waals surface area contributed by atoms with Crippen molar-refractivity contribution < 1.29 is 9.53 Å². The predicted molar refractivity (Wildman–Crippen MR) is 212 cm³/mol. The highest BCUT2D eigenvalue weighted by Crippen LogP contribution is 2.72. The van der Waals surface area contributed by atoms with Crippen LogP contribution in [-0.2, 0) is 9.53 Å². The van der Waals surface area contributed by atoms with Gasteiger partial charge in [-0.15, -0.1) is 0 Å². The Morgan fingerprint density at radius 3 is 1.94 bits per heavy atom. The van der Waals surface area contributed by atoms with E-state index < -0.39 is 0 Å². The molecule has 0 aliphatic heterocycles. The van der Waals surface area contributed by atoms with E-state index in [1.165, 1.54) is 147 Å². The van der Waals surface area contributed by atoms with Crippen molar-refractivity contribution in [2.45, 2.75) is 229 Å². The number of fused-ring (bicyclic) bond motifs is 4. The lowest BCUT2D eigenvalue weighted by molar-refractivity contribution is -0.170. The number of rotatable bonds is 20. The Morgan fingerprint density at radius 2 is 1.35 bits per heavy atom. The molecule has 0 radical (unpaired) electrons. The van der Waals surface area contributed by atoms with Gasteiger partial charge in [0.1, 0.15) is 6.10 Å². The average Bonchev–Trinajstić information content (AvgIpc) is 3.33. The van der Waals surface area contributed by atoms with Gasteiger partial charge in [0.15, 0.2) is 0 Å². The van der Waals surface area contributed by atoms with E-state index >= 15 is 0 Å². The second-order valence-electron chi connectivity index (χ2n) is 19.4. The Kier molecular flexibility index (Phi) is 15.1. The number of unbranched alkanes of at least 4 members (excludes halogenated alkanes) is 13. The van der Waals surface area contributed by atoms with E-state index in [1.807, 2.05) is 11.1 Å². The van der Waals surface area contributed by atoms with Gasteiger partial charge in [0, 0.05) is 11.8 Å². The first-order valence-corrected chi connectivity index (χ1v) is 21.9. The zero-order chi connectivity index (χ0) is 35.7. The largest absolute Gasteiger partial charge is 0.462 e. The van der Waals surface area contributed by atoms with Gasteiger partial charge < -0.3 is 4.74 Å². The van der Waals surface area contributed by atoms with E-state index in [9.17, 15) is 4.79 Å². The standard InChI is InChI=1S/C47H82O2/c1-10-11-12-13-14-15-16-17-18-19-20-21-22-23-27-43(48)49-42-32-33-45(7)39-31-35-46(8)38(37(4)26-24-25-36(2)3)30-34-47(46,9)40(39)28-29-41(45)44(42,5)6/h25,37-38,41-42H,10-24,26-35H2,1-9H3/t37-,38-,41?,42?,45-,46+,47+/m1/s1. The maximum Gasteiger partial charge on any atom is 0.306 e. The van der Waals surface area contributed by atoms with Crippen LogP contribution in [0.15, 0.2) is 22.8 Å². The molecule has 2 fully saturated rings. The summed E-state index contributed by atoms with van der Waals surface area (Å²) in [6.45, 7) is 22.2. The van der Waals surface area contributed by atoms with Crippen molar-refractivity contribution in [2.24, 2.45) is 39.4 Å². The van der Waals surface area contributed by atoms with Crippen molar-refractivity contribution in [2.75, 3.05) is 0 Å². The SMILES string of the molecule is CCCCCCCCCCCCCCCCC(=O)OC1CC[C@]2(C)C3=C(CCC2C1(C)C)[C@]1(C)CC[C@H]([C@H](C)CCC=C(C)C)[C@]1(C)CC3. The molecule has 0 N–H and O–H groups in total. The van der Waals surface area contributed by atoms with Crippen LogP contribution in [0.1, 0.15) is 223 Å². The number of carbonyl (C=O) groups excluding carboxylic acids is 1. The molecule has 282 valence electrons. The van der Waals surface area contributed by atoms with E-state index in [-0.39, 0.29) is 22.9 Å². The van der Waals surface area contributed by atoms with Crippen LogP contribution in [0, 0.1) is 39.4 Å². The van der Waals surface area contributed by atoms with Gasteiger partial charge >= 0.3 is 5.97 Å². The van der Waals surface area contributed by atoms with Crippen molar-refractivity contribution >= 4 is 5.97 Å². The molecule has 4 aliphatic carbocycles. The summed E-state index contributed by atoms with van der Waals surface area (Å²) in [4.78, 5) is 13.1. The van der Waals surface area contributed by atoms with E-state index in [1.54, 1.807) is 0 Å². The van der Waals surface area contributed by atoms with E-state index in [4.69, 9.17) is 4.74 Å². The molecular formula is C47H82O2. The second-order valence-corrected chi connectivity index (χ2v) is 19.4. The number of allylic oxidation sites excluding steroid dienone is 4. The minimum Gasteiger partial charge on any atom is -0.462 e. The Morgan fingerprint density at radius 1 is 0.755 bits per heavy atom. The van der Waals surface area contributed by atoms with Crippen LogP contribution in [0.4, 0.5) is 0 Å². The third-order valence-corrected chi connectivity index (χ3v) is 15.6. The smallest absolute Gasteiger partial charge is 0.306 e. The summed E-state index contributed by atoms with van der Waals surface area (Å²) in [6, 6.07) is 0. The molecule has 0 aromatic rings. The normalized spacial score (nSPS) is 32.6. The molecule has 0 aromatic heterocycles. The highest BCUT2D eigenvalue weighted by molar-refractivity contribution is 5.69. The van der Waals surface area contributed by atoms with Crippen LogP contribution in [0.2, 0.25) is 0 Å². The maximum absolute atomic E-state index is 13.1. The van der Waals surface area contributed by atoms with E-state index in [0.717, 1.165) is 24.7 Å². The van der Waals surface area contributed by atoms with Crippen molar-refractivity contribution in [3.63, 3.8) is 0 Å². The van der Waals surface area contributed by atoms with Gasteiger partial charge in [0.05, 0.1) is 0 Å². The molecule has 2 nitrogen and oxygen atoms in total. The van der Waals surface area contributed by atoms with Crippen LogP contribution >= 0.6 is 0 Å². The van der Waals surface area contributed by atoms with Crippen molar-refractivity contribution in [3.05, 3.63) is 22.8 Å². The van der Waals surface area contributed by atoms with Crippen LogP contribution in [0.3, 0.4) is 0 Å². The Balaban J connectivity index is 1.23. The average molecular weight is 679 g/mol. The predicted octanol–water partition coefficient (Wildman–Crippen LogP) is 14.9. The molecule has 2 saturated carbocycles. The first-order chi connectivity index (χ1) is 23.3. The monoisotopic (exact) mass is 679 g/mol. The summed E-state index contributed by atoms with van der Waals surface area (Å²) in [7, 11) is 0. The summed E-state index contributed by atoms with van der Waals surface area (Å²) in [5, 5.41) is 0. The minimum absolute atomic E-state index is 0.0238. The van der Waals surface area contributed by atoms with Gasteiger partial charge in [-0.05, 0) is 118 Å². The Labute approximate surface area is 305 Å². The molecule has 2 unspecified atom stereocenters. The molecule has 0 spiro atoms. The van der Waals surface area contributed by atoms with Crippen LogP contribution in [0.5, 0.6) is 0 Å². The van der Waals surface area contributed by atoms with Gasteiger partial charge in [-0.3, -0.25) is 4.79 Å². The summed E-state index contributed by atoms with van der Waals surface area (Å²) in [5.41, 5.74) is 6.25. The third-order valence-electron chi connectivity index (χ3n) is 15.6. The molecule has 7 atom stereocenters. The van der Waals surface area contributed by atoms with Crippen LogP contribution < -0.4 is 0 Å². The minimum atomic E-state index is 0.0238. The maximum atomic E-state index is 13.1. The molecule has 2 heteroatoms. The summed E-state index contributed by atoms with van der Waals surface area (Å²) < 4.78 is 6.38. The van der Waals surface area contributed by atoms with E-state index in [2.05, 4.69) is 68.4 Å². The summed E-state index contributed by atoms with van der Waals surface area (Å²) in [6.07, 6.45) is 34.7. The summed E-state index contributed by atoms with van der Waals surface area (Å²) >= 11 is 0. The van der Waals surface area contributed by atoms with Gasteiger partial charge in [0.2, 0.25) is 0 Å². The van der Waals surface area contributed by atoms with Gasteiger partial charge in [-0.25, -0.2) is 0 Å². The number of hydrogen-bond donors (Lipinski definition) is 0. The highest BCUT2D eigenvalue weighted by atomic mass is 16.5. The summed E-state index contributed by atoms with van der Waals surface area (Å²) in [5.74, 6) is 2.30. The lowest BCUT2D eigenvalue weighted by atomic mass is 9.43. The zero-order valence-corrected chi connectivity index (χ0v) is 34.4. The van der Waals surface area contributed by atoms with Gasteiger partial charge in [-0.1, -0.05) is 155 Å². The highest BCUT2D eigenvalue weighted by Gasteiger charge is 2.63. The van der Waals surface area contributed by atoms with Crippen LogP contribution in [-0.4, -0.2) is 12.1 Å². The number of ether oxygens (including phenoxy) is 1. The topological polar surface area (TPSA) is 26.3 Å². The van der Waals surface area contributed by atoms with Crippen molar-refractivity contribution in [3.8, 4) is 0 Å². The molecular weight excluding hydrogens is 597 g/mol. The third kappa shape index (κ3) is 9.31. The quantitative estimate of drug-likeness (QED) is 0.0728. The molecule has 0 aromatic carbocycles. The molecule has 4 rings (SSSR count). The fourth-order valence-corrected chi connectivity index (χ4v) is 12.3. The zero-order valence-electron chi connectivity index (χ0n) is 34.4. The number of esters is 1. The lowest BCUT2D eigenvalue weighted by Gasteiger charge is -2.62. The molecule has 0 saturated heterocycles. The fourth-order valence-electron chi connectivity index (χ4n) is 12.3. The first-order valence-electron chi connectivity index (χ1n) is 21.9. The number of carbonyl (C=O) groups is 1. The number of hydrogen-bond acceptors (Lipinski definition) is 2. The van der Waals surface area contributed by atoms with Crippen molar-refractivity contribution in [1.29, 1.82) is 0 Å². The molecule has 0 bridgehead atoms.